The highest BCUT2D eigenvalue weighted by Gasteiger charge is 2.01. The molecule has 0 N–H and O–H groups in total. The predicted molar refractivity (Wildman–Crippen MR) is 47.4 cm³/mol. The van der Waals surface area contributed by atoms with E-state index < -0.39 is 0 Å². The molecule has 4 nitrogen and oxygen atoms in total. The van der Waals surface area contributed by atoms with Gasteiger partial charge in [-0.25, -0.2) is 0 Å². The summed E-state index contributed by atoms with van der Waals surface area (Å²) in [5, 5.41) is 7.38. The first-order chi connectivity index (χ1) is 6.40. The minimum absolute atomic E-state index is 0. The molecule has 0 bridgehead atoms. The highest BCUT2D eigenvalue weighted by atomic mass is 16.5. The van der Waals surface area contributed by atoms with Crippen LogP contribution in [0.4, 0.5) is 0 Å². The van der Waals surface area contributed by atoms with Crippen LogP contribution in [0.15, 0.2) is 35.1 Å². The molecule has 13 heavy (non-hydrogen) atoms. The molecular formula is C9H9N2O2. The molecule has 0 spiro atoms. The zero-order chi connectivity index (χ0) is 9.10. The van der Waals surface area contributed by atoms with Crippen molar-refractivity contribution in [3.63, 3.8) is 0 Å². The number of hydrogen-bond donors (Lipinski definition) is 0. The molecule has 67 valence electrons. The van der Waals surface area contributed by atoms with Crippen LogP contribution in [0.1, 0.15) is 1.43 Å². The van der Waals surface area contributed by atoms with E-state index in [4.69, 9.17) is 9.15 Å². The van der Waals surface area contributed by atoms with Crippen molar-refractivity contribution >= 4 is 0 Å². The largest absolute Gasteiger partial charge is 0.497 e. The number of methoxy groups -OCH3 is 1. The van der Waals surface area contributed by atoms with E-state index in [9.17, 15) is 0 Å². The first kappa shape index (κ1) is 7.79. The van der Waals surface area contributed by atoms with Crippen LogP contribution in [0.2, 0.25) is 0 Å². The summed E-state index contributed by atoms with van der Waals surface area (Å²) in [5.41, 5.74) is 0.887. The van der Waals surface area contributed by atoms with Crippen molar-refractivity contribution in [3.8, 4) is 17.2 Å². The molecule has 1 aromatic heterocycles. The van der Waals surface area contributed by atoms with Crippen molar-refractivity contribution in [2.45, 2.75) is 0 Å². The van der Waals surface area contributed by atoms with E-state index in [2.05, 4.69) is 10.2 Å². The Labute approximate surface area is 76.7 Å². The lowest BCUT2D eigenvalue weighted by atomic mass is 10.2. The normalized spacial score (nSPS) is 9.92. The second-order valence-electron chi connectivity index (χ2n) is 2.47. The van der Waals surface area contributed by atoms with Gasteiger partial charge < -0.3 is 9.15 Å². The molecule has 1 aromatic carbocycles. The van der Waals surface area contributed by atoms with E-state index in [0.717, 1.165) is 11.3 Å². The third-order valence-electron chi connectivity index (χ3n) is 1.70. The monoisotopic (exact) mass is 177 g/mol. The lowest BCUT2D eigenvalue weighted by Crippen LogP contribution is -1.82. The molecule has 0 unspecified atom stereocenters. The topological polar surface area (TPSA) is 48.2 Å². The first-order valence-electron chi connectivity index (χ1n) is 3.81. The van der Waals surface area contributed by atoms with E-state index in [-0.39, 0.29) is 1.43 Å². The molecule has 0 aliphatic rings. The van der Waals surface area contributed by atoms with Crippen molar-refractivity contribution in [1.82, 2.24) is 10.2 Å². The molecule has 4 heteroatoms. The molecule has 0 saturated heterocycles. The summed E-state index contributed by atoms with van der Waals surface area (Å²) in [6.07, 6.45) is 1.31. The number of hydrogen-bond acceptors (Lipinski definition) is 4. The van der Waals surface area contributed by atoms with Gasteiger partial charge in [-0.05, 0) is 24.3 Å². The second-order valence-corrected chi connectivity index (χ2v) is 2.47. The maximum Gasteiger partial charge on any atom is 0.247 e. The van der Waals surface area contributed by atoms with Crippen molar-refractivity contribution in [2.24, 2.45) is 0 Å². The first-order valence-corrected chi connectivity index (χ1v) is 3.81. The number of nitrogens with zero attached hydrogens (tertiary/aromatic N) is 2. The number of rotatable bonds is 2. The number of aromatic nitrogens is 2. The maximum absolute atomic E-state index is 5.03. The molecule has 0 fully saturated rings. The van der Waals surface area contributed by atoms with Crippen LogP contribution in [0.25, 0.3) is 11.5 Å². The molecule has 1 heterocycles. The lowest BCUT2D eigenvalue weighted by Gasteiger charge is -1.98. The van der Waals surface area contributed by atoms with Crippen molar-refractivity contribution in [2.75, 3.05) is 7.11 Å². The molecular weight excluding hydrogens is 168 g/mol. The van der Waals surface area contributed by atoms with E-state index in [1.54, 1.807) is 7.11 Å². The summed E-state index contributed by atoms with van der Waals surface area (Å²) in [6.45, 7) is 0. The summed E-state index contributed by atoms with van der Waals surface area (Å²) in [6, 6.07) is 7.43. The Kier molecular flexibility index (Phi) is 1.96. The number of ether oxygens (including phenoxy) is 1. The van der Waals surface area contributed by atoms with Crippen LogP contribution in [-0.4, -0.2) is 17.3 Å². The molecule has 2 aromatic rings. The minimum Gasteiger partial charge on any atom is -0.497 e. The van der Waals surface area contributed by atoms with Gasteiger partial charge in [0.15, 0.2) is 0 Å². The van der Waals surface area contributed by atoms with Crippen LogP contribution in [0.3, 0.4) is 0 Å². The van der Waals surface area contributed by atoms with E-state index in [1.165, 1.54) is 6.39 Å². The fourth-order valence-electron chi connectivity index (χ4n) is 1.03. The summed E-state index contributed by atoms with van der Waals surface area (Å²) in [4.78, 5) is 0. The van der Waals surface area contributed by atoms with Crippen LogP contribution in [0.5, 0.6) is 5.75 Å². The Morgan fingerprint density at radius 3 is 2.62 bits per heavy atom. The molecule has 2 rings (SSSR count). The Balaban J connectivity index is 0.000000980. The Morgan fingerprint density at radius 2 is 2.08 bits per heavy atom. The van der Waals surface area contributed by atoms with Gasteiger partial charge in [-0.3, -0.25) is 0 Å². The van der Waals surface area contributed by atoms with Gasteiger partial charge in [0.2, 0.25) is 12.3 Å². The molecule has 0 atom stereocenters. The van der Waals surface area contributed by atoms with E-state index in [0.29, 0.717) is 5.89 Å². The van der Waals surface area contributed by atoms with Gasteiger partial charge in [0.25, 0.3) is 0 Å². The van der Waals surface area contributed by atoms with Crippen molar-refractivity contribution < 1.29 is 10.6 Å². The van der Waals surface area contributed by atoms with Crippen LogP contribution in [0, 0.1) is 0 Å². The highest BCUT2D eigenvalue weighted by Crippen LogP contribution is 2.19. The summed E-state index contributed by atoms with van der Waals surface area (Å²) < 4.78 is 10.0. The van der Waals surface area contributed by atoms with Gasteiger partial charge in [-0.2, -0.15) is 0 Å². The van der Waals surface area contributed by atoms with Gasteiger partial charge in [-0.1, -0.05) is 0 Å². The van der Waals surface area contributed by atoms with Gasteiger partial charge in [0.05, 0.1) is 7.11 Å². The Hall–Kier alpha value is -1.84. The average molecular weight is 177 g/mol. The fourth-order valence-corrected chi connectivity index (χ4v) is 1.03. The van der Waals surface area contributed by atoms with Gasteiger partial charge in [-0.15, -0.1) is 10.2 Å². The zero-order valence-electron chi connectivity index (χ0n) is 8.10. The summed E-state index contributed by atoms with van der Waals surface area (Å²) in [5.74, 6) is 1.32. The summed E-state index contributed by atoms with van der Waals surface area (Å²) >= 11 is 0. The van der Waals surface area contributed by atoms with Crippen LogP contribution >= 0.6 is 0 Å². The Bertz CT molecular complexity index is 372. The highest BCUT2D eigenvalue weighted by molar-refractivity contribution is 5.53. The lowest BCUT2D eigenvalue weighted by molar-refractivity contribution is 0.415. The van der Waals surface area contributed by atoms with E-state index in [1.807, 2.05) is 24.3 Å². The molecule has 0 aliphatic carbocycles. The third-order valence-corrected chi connectivity index (χ3v) is 1.70. The minimum atomic E-state index is 0. The molecule has 0 aliphatic heterocycles. The molecule has 0 saturated carbocycles. The van der Waals surface area contributed by atoms with E-state index >= 15 is 0 Å². The quantitative estimate of drug-likeness (QED) is 0.702. The smallest absolute Gasteiger partial charge is 0.247 e. The summed E-state index contributed by atoms with van der Waals surface area (Å²) in [7, 11) is 1.63. The zero-order valence-corrected chi connectivity index (χ0v) is 7.10. The number of benzene rings is 1. The average Bonchev–Trinajstić information content (AvgIpc) is 2.71. The SMILES string of the molecule is COc1ccc(-c2nnco2)cc1.[H]. The fraction of sp³-hybridized carbons (Fsp3) is 0.111. The van der Waals surface area contributed by atoms with Gasteiger partial charge in [0.1, 0.15) is 5.75 Å². The van der Waals surface area contributed by atoms with Crippen LogP contribution in [-0.2, 0) is 0 Å². The molecule has 1 radical (unpaired) electrons. The van der Waals surface area contributed by atoms with Crippen LogP contribution < -0.4 is 4.74 Å². The standard InChI is InChI=1S/C9H8N2O2.H/c1-12-8-4-2-7(3-5-8)9-11-10-6-13-9;/h2-6H,1H3;. The molecule has 0 amide bonds. The van der Waals surface area contributed by atoms with Gasteiger partial charge >= 0.3 is 0 Å². The third kappa shape index (κ3) is 1.51. The maximum atomic E-state index is 5.03. The Morgan fingerprint density at radius 1 is 1.31 bits per heavy atom. The van der Waals surface area contributed by atoms with Crippen molar-refractivity contribution in [1.29, 1.82) is 0 Å². The van der Waals surface area contributed by atoms with Gasteiger partial charge in [0, 0.05) is 6.99 Å². The predicted octanol–water partition coefficient (Wildman–Crippen LogP) is 1.86. The second kappa shape index (κ2) is 3.26. The van der Waals surface area contributed by atoms with Crippen molar-refractivity contribution in [3.05, 3.63) is 30.7 Å².